The Bertz CT molecular complexity index is 961. The topological polar surface area (TPSA) is 59.1 Å². The number of hydrogen-bond acceptors (Lipinski definition) is 4. The van der Waals surface area contributed by atoms with Crippen LogP contribution in [0.5, 0.6) is 11.5 Å². The number of nitrogens with zero attached hydrogens (tertiary/aromatic N) is 2. The summed E-state index contributed by atoms with van der Waals surface area (Å²) >= 11 is 5.91. The number of halogens is 2. The molecule has 1 aliphatic heterocycles. The molecule has 6 nitrogen and oxygen atoms in total. The number of benzene rings is 2. The summed E-state index contributed by atoms with van der Waals surface area (Å²) in [4.78, 5) is 28.9. The largest absolute Gasteiger partial charge is 0.490 e. The van der Waals surface area contributed by atoms with Crippen molar-refractivity contribution >= 4 is 23.4 Å². The lowest BCUT2D eigenvalue weighted by molar-refractivity contribution is 0.0532. The van der Waals surface area contributed by atoms with E-state index in [9.17, 15) is 14.0 Å². The number of carbonyl (C=O) groups excluding carboxylic acids is 2. The Hall–Kier alpha value is -2.80. The summed E-state index contributed by atoms with van der Waals surface area (Å²) < 4.78 is 25.6. The fourth-order valence-electron chi connectivity index (χ4n) is 3.42. The molecule has 0 spiro atoms. The zero-order chi connectivity index (χ0) is 23.1. The van der Waals surface area contributed by atoms with E-state index in [-0.39, 0.29) is 11.5 Å². The van der Waals surface area contributed by atoms with Gasteiger partial charge in [-0.15, -0.1) is 0 Å². The second-order valence-electron chi connectivity index (χ2n) is 7.57. The molecule has 1 aliphatic rings. The molecular weight excluding hydrogens is 435 g/mol. The van der Waals surface area contributed by atoms with Crippen LogP contribution in [0.25, 0.3) is 0 Å². The van der Waals surface area contributed by atoms with Crippen molar-refractivity contribution in [2.75, 3.05) is 39.4 Å². The lowest BCUT2D eigenvalue weighted by Gasteiger charge is -2.35. The Morgan fingerprint density at radius 2 is 1.47 bits per heavy atom. The molecule has 1 saturated heterocycles. The standard InChI is InChI=1S/C24H28ClFN2O4/c1-3-13-31-21-8-5-17(15-22(21)32-14-4-2)23(29)27-9-11-28(12-10-27)24(30)19-16-18(25)6-7-20(19)26/h5-8,15-16H,3-4,9-14H2,1-2H3. The minimum Gasteiger partial charge on any atom is -0.490 e. The van der Waals surface area contributed by atoms with Crippen molar-refractivity contribution in [2.24, 2.45) is 0 Å². The Kier molecular flexibility index (Phi) is 8.33. The van der Waals surface area contributed by atoms with E-state index in [1.165, 1.54) is 23.1 Å². The molecule has 0 aliphatic carbocycles. The van der Waals surface area contributed by atoms with Crippen LogP contribution in [0.3, 0.4) is 0 Å². The second-order valence-corrected chi connectivity index (χ2v) is 8.00. The first-order valence-corrected chi connectivity index (χ1v) is 11.3. The van der Waals surface area contributed by atoms with Crippen molar-refractivity contribution < 1.29 is 23.5 Å². The molecule has 0 saturated carbocycles. The van der Waals surface area contributed by atoms with Gasteiger partial charge in [0.2, 0.25) is 0 Å². The summed E-state index contributed by atoms with van der Waals surface area (Å²) in [7, 11) is 0. The van der Waals surface area contributed by atoms with Crippen LogP contribution >= 0.6 is 11.6 Å². The van der Waals surface area contributed by atoms with Gasteiger partial charge in [-0.25, -0.2) is 4.39 Å². The lowest BCUT2D eigenvalue weighted by Crippen LogP contribution is -2.50. The van der Waals surface area contributed by atoms with E-state index in [2.05, 4.69) is 0 Å². The average Bonchev–Trinajstić information content (AvgIpc) is 2.82. The van der Waals surface area contributed by atoms with Gasteiger partial charge >= 0.3 is 0 Å². The molecule has 0 N–H and O–H groups in total. The van der Waals surface area contributed by atoms with Gasteiger partial charge in [-0.3, -0.25) is 9.59 Å². The Labute approximate surface area is 192 Å². The molecule has 0 bridgehead atoms. The first-order valence-electron chi connectivity index (χ1n) is 10.9. The van der Waals surface area contributed by atoms with Crippen molar-refractivity contribution in [3.8, 4) is 11.5 Å². The SMILES string of the molecule is CCCOc1ccc(C(=O)N2CCN(C(=O)c3cc(Cl)ccc3F)CC2)cc1OCCC. The molecule has 0 radical (unpaired) electrons. The molecule has 2 aromatic carbocycles. The van der Waals surface area contributed by atoms with E-state index in [1.807, 2.05) is 13.8 Å². The number of piperazine rings is 1. The van der Waals surface area contributed by atoms with Gasteiger partial charge in [-0.1, -0.05) is 25.4 Å². The van der Waals surface area contributed by atoms with Gasteiger partial charge in [0.15, 0.2) is 11.5 Å². The van der Waals surface area contributed by atoms with Gasteiger partial charge in [-0.05, 0) is 49.2 Å². The first kappa shape index (κ1) is 23.9. The van der Waals surface area contributed by atoms with Gasteiger partial charge < -0.3 is 19.3 Å². The zero-order valence-electron chi connectivity index (χ0n) is 18.4. The van der Waals surface area contributed by atoms with Crippen molar-refractivity contribution in [3.05, 3.63) is 58.4 Å². The van der Waals surface area contributed by atoms with Gasteiger partial charge in [-0.2, -0.15) is 0 Å². The van der Waals surface area contributed by atoms with Crippen molar-refractivity contribution in [1.29, 1.82) is 0 Å². The van der Waals surface area contributed by atoms with Gasteiger partial charge in [0.1, 0.15) is 5.82 Å². The minimum absolute atomic E-state index is 0.0577. The van der Waals surface area contributed by atoms with Gasteiger partial charge in [0, 0.05) is 36.8 Å². The van der Waals surface area contributed by atoms with Crippen molar-refractivity contribution in [1.82, 2.24) is 9.80 Å². The molecule has 1 fully saturated rings. The first-order chi connectivity index (χ1) is 15.4. The quantitative estimate of drug-likeness (QED) is 0.572. The maximum absolute atomic E-state index is 14.0. The normalized spacial score (nSPS) is 13.8. The van der Waals surface area contributed by atoms with Crippen LogP contribution < -0.4 is 9.47 Å². The minimum atomic E-state index is -0.608. The summed E-state index contributed by atoms with van der Waals surface area (Å²) in [6, 6.07) is 9.11. The van der Waals surface area contributed by atoms with Crippen LogP contribution in [-0.2, 0) is 0 Å². The molecule has 32 heavy (non-hydrogen) atoms. The lowest BCUT2D eigenvalue weighted by atomic mass is 10.1. The molecule has 0 atom stereocenters. The van der Waals surface area contributed by atoms with Crippen LogP contribution in [0.15, 0.2) is 36.4 Å². The fraction of sp³-hybridized carbons (Fsp3) is 0.417. The summed E-state index contributed by atoms with van der Waals surface area (Å²) in [5.74, 6) is -0.00527. The third-order valence-corrected chi connectivity index (χ3v) is 5.36. The molecule has 172 valence electrons. The summed E-state index contributed by atoms with van der Waals surface area (Å²) in [6.45, 7) is 6.46. The van der Waals surface area contributed by atoms with Gasteiger partial charge in [0.05, 0.1) is 18.8 Å². The second kappa shape index (κ2) is 11.2. The van der Waals surface area contributed by atoms with E-state index in [0.717, 1.165) is 12.8 Å². The molecule has 8 heteroatoms. The highest BCUT2D eigenvalue weighted by atomic mass is 35.5. The van der Waals surface area contributed by atoms with Crippen LogP contribution in [0, 0.1) is 5.82 Å². The Balaban J connectivity index is 1.66. The zero-order valence-corrected chi connectivity index (χ0v) is 19.2. The van der Waals surface area contributed by atoms with E-state index in [1.54, 1.807) is 23.1 Å². The van der Waals surface area contributed by atoms with Gasteiger partial charge in [0.25, 0.3) is 11.8 Å². The molecule has 2 aromatic rings. The predicted molar refractivity (Wildman–Crippen MR) is 121 cm³/mol. The molecule has 0 unspecified atom stereocenters. The fourth-order valence-corrected chi connectivity index (χ4v) is 3.60. The number of amides is 2. The summed E-state index contributed by atoms with van der Waals surface area (Å²) in [6.07, 6.45) is 1.71. The van der Waals surface area contributed by atoms with Crippen LogP contribution in [0.2, 0.25) is 5.02 Å². The smallest absolute Gasteiger partial charge is 0.257 e. The van der Waals surface area contributed by atoms with E-state index in [4.69, 9.17) is 21.1 Å². The average molecular weight is 463 g/mol. The summed E-state index contributed by atoms with van der Waals surface area (Å²) in [5, 5.41) is 0.302. The third-order valence-electron chi connectivity index (χ3n) is 5.13. The maximum Gasteiger partial charge on any atom is 0.257 e. The maximum atomic E-state index is 14.0. The molecule has 3 rings (SSSR count). The Morgan fingerprint density at radius 3 is 2.09 bits per heavy atom. The molecule has 1 heterocycles. The predicted octanol–water partition coefficient (Wildman–Crippen LogP) is 4.65. The van der Waals surface area contributed by atoms with Crippen LogP contribution in [-0.4, -0.2) is 61.0 Å². The number of hydrogen-bond donors (Lipinski definition) is 0. The van der Waals surface area contributed by atoms with Crippen LogP contribution in [0.1, 0.15) is 47.4 Å². The number of ether oxygens (including phenoxy) is 2. The van der Waals surface area contributed by atoms with Crippen LogP contribution in [0.4, 0.5) is 4.39 Å². The molecular formula is C24H28ClFN2O4. The van der Waals surface area contributed by atoms with E-state index in [0.29, 0.717) is 61.5 Å². The van der Waals surface area contributed by atoms with Crippen molar-refractivity contribution in [3.63, 3.8) is 0 Å². The third kappa shape index (κ3) is 5.71. The number of carbonyl (C=O) groups is 2. The molecule has 2 amide bonds. The van der Waals surface area contributed by atoms with E-state index < -0.39 is 11.7 Å². The number of rotatable bonds is 8. The Morgan fingerprint density at radius 1 is 0.875 bits per heavy atom. The highest BCUT2D eigenvalue weighted by molar-refractivity contribution is 6.31. The van der Waals surface area contributed by atoms with E-state index >= 15 is 0 Å². The summed E-state index contributed by atoms with van der Waals surface area (Å²) in [5.41, 5.74) is 0.443. The molecule has 0 aromatic heterocycles. The highest BCUT2D eigenvalue weighted by Crippen LogP contribution is 2.29. The highest BCUT2D eigenvalue weighted by Gasteiger charge is 2.27. The van der Waals surface area contributed by atoms with Crippen molar-refractivity contribution in [2.45, 2.75) is 26.7 Å². The monoisotopic (exact) mass is 462 g/mol.